The van der Waals surface area contributed by atoms with Crippen molar-refractivity contribution in [3.8, 4) is 5.75 Å². The molecule has 1 aromatic carbocycles. The van der Waals surface area contributed by atoms with Gasteiger partial charge in [0, 0.05) is 17.4 Å². The smallest absolute Gasteiger partial charge is 0.328 e. The number of rotatable bonds is 6. The fourth-order valence-corrected chi connectivity index (χ4v) is 2.32. The van der Waals surface area contributed by atoms with Crippen LogP contribution >= 0.6 is 11.8 Å². The molecule has 0 bridgehead atoms. The summed E-state index contributed by atoms with van der Waals surface area (Å²) in [6.07, 6.45) is 5.72. The Morgan fingerprint density at radius 3 is 3.05 bits per heavy atom. The number of aliphatic carboxylic acids is 1. The average Bonchev–Trinajstić information content (AvgIpc) is 2.96. The van der Waals surface area contributed by atoms with E-state index in [9.17, 15) is 4.79 Å². The summed E-state index contributed by atoms with van der Waals surface area (Å²) >= 11 is 1.47. The van der Waals surface area contributed by atoms with Crippen LogP contribution in [0.25, 0.3) is 6.08 Å². The highest BCUT2D eigenvalue weighted by atomic mass is 32.2. The van der Waals surface area contributed by atoms with Crippen LogP contribution in [0, 0.1) is 0 Å². The lowest BCUT2D eigenvalue weighted by molar-refractivity contribution is -0.131. The second kappa shape index (κ2) is 6.81. The van der Waals surface area contributed by atoms with E-state index in [1.807, 2.05) is 18.2 Å². The fourth-order valence-electron chi connectivity index (χ4n) is 1.59. The topological polar surface area (TPSA) is 72.6 Å². The molecule has 2 aromatic rings. The highest BCUT2D eigenvalue weighted by Gasteiger charge is 2.05. The second-order valence-electron chi connectivity index (χ2n) is 3.83. The number of hydrogen-bond donors (Lipinski definition) is 1. The Morgan fingerprint density at radius 2 is 2.40 bits per heavy atom. The van der Waals surface area contributed by atoms with E-state index in [4.69, 9.17) is 14.3 Å². The van der Waals surface area contributed by atoms with Crippen molar-refractivity contribution in [1.82, 2.24) is 4.98 Å². The van der Waals surface area contributed by atoms with Gasteiger partial charge in [0.15, 0.2) is 0 Å². The molecule has 5 nitrogen and oxygen atoms in total. The molecule has 1 N–H and O–H groups in total. The van der Waals surface area contributed by atoms with Crippen LogP contribution in [0.5, 0.6) is 5.75 Å². The Labute approximate surface area is 120 Å². The van der Waals surface area contributed by atoms with E-state index in [-0.39, 0.29) is 0 Å². The molecule has 2 rings (SSSR count). The van der Waals surface area contributed by atoms with Gasteiger partial charge < -0.3 is 14.3 Å². The lowest BCUT2D eigenvalue weighted by Crippen LogP contribution is -1.91. The molecule has 20 heavy (non-hydrogen) atoms. The van der Waals surface area contributed by atoms with Crippen molar-refractivity contribution in [3.05, 3.63) is 47.9 Å². The summed E-state index contributed by atoms with van der Waals surface area (Å²) in [5.74, 6) is 0.317. The van der Waals surface area contributed by atoms with Crippen molar-refractivity contribution in [2.24, 2.45) is 0 Å². The highest BCUT2D eigenvalue weighted by Crippen LogP contribution is 2.26. The third-order valence-corrected chi connectivity index (χ3v) is 3.40. The minimum atomic E-state index is -0.994. The molecule has 1 aromatic heterocycles. The first-order valence-corrected chi connectivity index (χ1v) is 6.78. The first-order chi connectivity index (χ1) is 9.69. The van der Waals surface area contributed by atoms with Gasteiger partial charge in [-0.25, -0.2) is 9.78 Å². The number of carboxylic acids is 1. The number of nitrogens with zero attached hydrogens (tertiary/aromatic N) is 1. The molecule has 0 unspecified atom stereocenters. The van der Waals surface area contributed by atoms with Gasteiger partial charge in [-0.2, -0.15) is 0 Å². The Bertz CT molecular complexity index is 608. The van der Waals surface area contributed by atoms with Crippen LogP contribution < -0.4 is 4.74 Å². The van der Waals surface area contributed by atoms with E-state index >= 15 is 0 Å². The number of oxazole rings is 1. The van der Waals surface area contributed by atoms with E-state index in [2.05, 4.69) is 4.98 Å². The Balaban J connectivity index is 2.14. The molecule has 0 aliphatic carbocycles. The predicted molar refractivity (Wildman–Crippen MR) is 75.7 cm³/mol. The molecule has 1 heterocycles. The van der Waals surface area contributed by atoms with Gasteiger partial charge in [-0.15, -0.1) is 0 Å². The van der Waals surface area contributed by atoms with Crippen LogP contribution in [0.1, 0.15) is 11.1 Å². The van der Waals surface area contributed by atoms with E-state index in [0.29, 0.717) is 16.7 Å². The van der Waals surface area contributed by atoms with E-state index in [0.717, 1.165) is 17.2 Å². The molecule has 0 aliphatic heterocycles. The van der Waals surface area contributed by atoms with Crippen molar-refractivity contribution in [2.75, 3.05) is 7.11 Å². The standard InChI is InChI=1S/C14H13NO4S/c1-18-12-4-2-10(8-11(12)3-5-13(16)17)9-20-14-15-6-7-19-14/h2-8H,9H2,1H3,(H,16,17)/b5-3+. The summed E-state index contributed by atoms with van der Waals surface area (Å²) in [5.41, 5.74) is 1.75. The third-order valence-electron chi connectivity index (χ3n) is 2.47. The number of carboxylic acid groups (broad SMARTS) is 1. The summed E-state index contributed by atoms with van der Waals surface area (Å²) in [7, 11) is 1.55. The van der Waals surface area contributed by atoms with Crippen molar-refractivity contribution >= 4 is 23.8 Å². The predicted octanol–water partition coefficient (Wildman–Crippen LogP) is 3.07. The summed E-state index contributed by atoms with van der Waals surface area (Å²) in [6, 6.07) is 5.62. The van der Waals surface area contributed by atoms with Crippen LogP contribution in [0.15, 0.2) is 46.4 Å². The molecular weight excluding hydrogens is 278 g/mol. The fraction of sp³-hybridized carbons (Fsp3) is 0.143. The average molecular weight is 291 g/mol. The lowest BCUT2D eigenvalue weighted by atomic mass is 10.1. The summed E-state index contributed by atoms with van der Waals surface area (Å²) < 4.78 is 10.3. The van der Waals surface area contributed by atoms with Gasteiger partial charge in [-0.3, -0.25) is 0 Å². The number of methoxy groups -OCH3 is 1. The zero-order chi connectivity index (χ0) is 14.4. The molecule has 0 amide bonds. The van der Waals surface area contributed by atoms with Gasteiger partial charge in [0.05, 0.1) is 13.3 Å². The summed E-state index contributed by atoms with van der Waals surface area (Å²) in [4.78, 5) is 14.6. The quantitative estimate of drug-likeness (QED) is 0.651. The molecule has 0 atom stereocenters. The van der Waals surface area contributed by atoms with Gasteiger partial charge in [-0.05, 0) is 23.8 Å². The third kappa shape index (κ3) is 3.89. The van der Waals surface area contributed by atoms with Crippen LogP contribution in [0.4, 0.5) is 0 Å². The zero-order valence-corrected chi connectivity index (χ0v) is 11.6. The summed E-state index contributed by atoms with van der Waals surface area (Å²) in [6.45, 7) is 0. The molecule has 0 saturated carbocycles. The number of benzene rings is 1. The monoisotopic (exact) mass is 291 g/mol. The van der Waals surface area contributed by atoms with Crippen molar-refractivity contribution < 1.29 is 19.1 Å². The van der Waals surface area contributed by atoms with Crippen LogP contribution in [0.2, 0.25) is 0 Å². The lowest BCUT2D eigenvalue weighted by Gasteiger charge is -2.07. The van der Waals surface area contributed by atoms with Crippen molar-refractivity contribution in [2.45, 2.75) is 11.0 Å². The van der Waals surface area contributed by atoms with E-state index in [1.165, 1.54) is 24.1 Å². The molecule has 6 heteroatoms. The largest absolute Gasteiger partial charge is 0.496 e. The molecule has 104 valence electrons. The molecule has 0 radical (unpaired) electrons. The Hall–Kier alpha value is -2.21. The van der Waals surface area contributed by atoms with Crippen molar-refractivity contribution in [3.63, 3.8) is 0 Å². The number of carbonyl (C=O) groups is 1. The normalized spacial score (nSPS) is 10.8. The van der Waals surface area contributed by atoms with E-state index in [1.54, 1.807) is 13.3 Å². The first kappa shape index (κ1) is 14.2. The molecule has 0 saturated heterocycles. The van der Waals surface area contributed by atoms with Gasteiger partial charge in [0.25, 0.3) is 5.22 Å². The molecular formula is C14H13NO4S. The van der Waals surface area contributed by atoms with Gasteiger partial charge in [0.1, 0.15) is 12.0 Å². The zero-order valence-electron chi connectivity index (χ0n) is 10.8. The summed E-state index contributed by atoms with van der Waals surface area (Å²) in [5, 5.41) is 9.28. The minimum Gasteiger partial charge on any atom is -0.496 e. The minimum absolute atomic E-state index is 0.600. The molecule has 0 aliphatic rings. The molecule has 0 spiro atoms. The number of hydrogen-bond acceptors (Lipinski definition) is 5. The first-order valence-electron chi connectivity index (χ1n) is 5.79. The molecule has 0 fully saturated rings. The maximum atomic E-state index is 10.6. The maximum absolute atomic E-state index is 10.6. The second-order valence-corrected chi connectivity index (χ2v) is 4.76. The Kier molecular flexibility index (Phi) is 4.84. The Morgan fingerprint density at radius 1 is 1.55 bits per heavy atom. The van der Waals surface area contributed by atoms with E-state index < -0.39 is 5.97 Å². The highest BCUT2D eigenvalue weighted by molar-refractivity contribution is 7.98. The van der Waals surface area contributed by atoms with Crippen LogP contribution in [0.3, 0.4) is 0 Å². The SMILES string of the molecule is COc1ccc(CSc2ncco2)cc1/C=C/C(=O)O. The van der Waals surface area contributed by atoms with Gasteiger partial charge in [0.2, 0.25) is 0 Å². The number of thioether (sulfide) groups is 1. The number of ether oxygens (including phenoxy) is 1. The van der Waals surface area contributed by atoms with Crippen molar-refractivity contribution in [1.29, 1.82) is 0 Å². The van der Waals surface area contributed by atoms with Crippen LogP contribution in [-0.4, -0.2) is 23.2 Å². The maximum Gasteiger partial charge on any atom is 0.328 e. The van der Waals surface area contributed by atoms with Gasteiger partial charge in [-0.1, -0.05) is 17.8 Å². The van der Waals surface area contributed by atoms with Gasteiger partial charge >= 0.3 is 5.97 Å². The van der Waals surface area contributed by atoms with Crippen LogP contribution in [-0.2, 0) is 10.5 Å². The number of aromatic nitrogens is 1.